The molecule has 0 spiro atoms. The maximum absolute atomic E-state index is 9.37. The lowest BCUT2D eigenvalue weighted by Gasteiger charge is -2.20. The molecule has 0 amide bonds. The van der Waals surface area contributed by atoms with Gasteiger partial charge in [0, 0.05) is 25.7 Å². The van der Waals surface area contributed by atoms with Crippen molar-refractivity contribution in [3.63, 3.8) is 0 Å². The molecule has 17 heavy (non-hydrogen) atoms. The fourth-order valence-corrected chi connectivity index (χ4v) is 2.21. The second-order valence-electron chi connectivity index (χ2n) is 4.31. The van der Waals surface area contributed by atoms with Crippen LogP contribution in [0, 0.1) is 11.8 Å². The Hall–Kier alpha value is -0.770. The van der Waals surface area contributed by atoms with Crippen LogP contribution in [0.4, 0.5) is 0 Å². The Morgan fingerprint density at radius 1 is 1.47 bits per heavy atom. The van der Waals surface area contributed by atoms with Crippen LogP contribution < -0.4 is 4.74 Å². The fourth-order valence-electron chi connectivity index (χ4n) is 2.02. The minimum atomic E-state index is 0.119. The Kier molecular flexibility index (Phi) is 4.66. The van der Waals surface area contributed by atoms with Crippen LogP contribution in [0.3, 0.4) is 0 Å². The summed E-state index contributed by atoms with van der Waals surface area (Å²) < 4.78 is 11.0. The molecule has 1 aromatic rings. The zero-order valence-electron chi connectivity index (χ0n) is 9.64. The molecule has 94 valence electrons. The summed E-state index contributed by atoms with van der Waals surface area (Å²) in [5, 5.41) is 9.97. The van der Waals surface area contributed by atoms with E-state index in [2.05, 4.69) is 0 Å². The van der Waals surface area contributed by atoms with Gasteiger partial charge in [-0.05, 0) is 24.5 Å². The second-order valence-corrected chi connectivity index (χ2v) is 4.71. The largest absolute Gasteiger partial charge is 0.492 e. The number of benzene rings is 1. The van der Waals surface area contributed by atoms with Gasteiger partial charge < -0.3 is 14.6 Å². The van der Waals surface area contributed by atoms with Crippen molar-refractivity contribution < 1.29 is 14.6 Å². The van der Waals surface area contributed by atoms with Gasteiger partial charge in [-0.3, -0.25) is 0 Å². The highest BCUT2D eigenvalue weighted by molar-refractivity contribution is 6.32. The van der Waals surface area contributed by atoms with Crippen LogP contribution in [0.25, 0.3) is 0 Å². The van der Waals surface area contributed by atoms with Gasteiger partial charge >= 0.3 is 0 Å². The molecule has 1 aromatic carbocycles. The molecule has 2 rings (SSSR count). The number of rotatable bonds is 5. The quantitative estimate of drug-likeness (QED) is 0.879. The molecule has 1 N–H and O–H groups in total. The number of aliphatic hydroxyl groups excluding tert-OH is 1. The molecule has 1 saturated heterocycles. The van der Waals surface area contributed by atoms with E-state index >= 15 is 0 Å². The molecule has 0 aromatic heterocycles. The third-order valence-electron chi connectivity index (χ3n) is 3.16. The van der Waals surface area contributed by atoms with E-state index in [1.54, 1.807) is 6.07 Å². The number of ether oxygens (including phenoxy) is 2. The molecule has 3 nitrogen and oxygen atoms in total. The highest BCUT2D eigenvalue weighted by Crippen LogP contribution is 2.26. The van der Waals surface area contributed by atoms with Crippen molar-refractivity contribution in [2.45, 2.75) is 6.42 Å². The van der Waals surface area contributed by atoms with Crippen LogP contribution in [0.15, 0.2) is 24.3 Å². The standard InChI is InChI=1S/C13H17ClO3/c14-12-3-1-2-4-13(12)17-9-11(7-15)10-5-6-16-8-10/h1-4,10-11,15H,5-9H2. The molecule has 0 aliphatic carbocycles. The van der Waals surface area contributed by atoms with Gasteiger partial charge in [0.1, 0.15) is 5.75 Å². The maximum Gasteiger partial charge on any atom is 0.137 e. The topological polar surface area (TPSA) is 38.7 Å². The van der Waals surface area contributed by atoms with Crippen molar-refractivity contribution in [1.82, 2.24) is 0 Å². The lowest BCUT2D eigenvalue weighted by Crippen LogP contribution is -2.25. The van der Waals surface area contributed by atoms with E-state index in [1.807, 2.05) is 18.2 Å². The highest BCUT2D eigenvalue weighted by atomic mass is 35.5. The van der Waals surface area contributed by atoms with E-state index in [4.69, 9.17) is 21.1 Å². The average Bonchev–Trinajstić information content (AvgIpc) is 2.86. The normalized spacial score (nSPS) is 21.4. The van der Waals surface area contributed by atoms with Crippen LogP contribution in [0.2, 0.25) is 5.02 Å². The third kappa shape index (κ3) is 3.35. The molecule has 1 aliphatic heterocycles. The Labute approximate surface area is 106 Å². The summed E-state index contributed by atoms with van der Waals surface area (Å²) in [4.78, 5) is 0. The lowest BCUT2D eigenvalue weighted by atomic mass is 9.93. The monoisotopic (exact) mass is 256 g/mol. The van der Waals surface area contributed by atoms with Gasteiger partial charge in [0.05, 0.1) is 11.6 Å². The van der Waals surface area contributed by atoms with Crippen LogP contribution in [0.5, 0.6) is 5.75 Å². The predicted molar refractivity (Wildman–Crippen MR) is 66.4 cm³/mol. The smallest absolute Gasteiger partial charge is 0.137 e. The molecule has 1 heterocycles. The summed E-state index contributed by atoms with van der Waals surface area (Å²) in [6.45, 7) is 2.11. The molecule has 0 saturated carbocycles. The van der Waals surface area contributed by atoms with Gasteiger partial charge in [0.2, 0.25) is 0 Å². The first-order chi connectivity index (χ1) is 8.31. The van der Waals surface area contributed by atoms with E-state index < -0.39 is 0 Å². The summed E-state index contributed by atoms with van der Waals surface area (Å²) in [7, 11) is 0. The Balaban J connectivity index is 1.89. The number of halogens is 1. The zero-order valence-corrected chi connectivity index (χ0v) is 10.4. The van der Waals surface area contributed by atoms with Crippen LogP contribution in [-0.4, -0.2) is 31.5 Å². The van der Waals surface area contributed by atoms with Gasteiger partial charge in [0.15, 0.2) is 0 Å². The molecular weight excluding hydrogens is 240 g/mol. The fraction of sp³-hybridized carbons (Fsp3) is 0.538. The van der Waals surface area contributed by atoms with Crippen LogP contribution >= 0.6 is 11.6 Å². The lowest BCUT2D eigenvalue weighted by molar-refractivity contribution is 0.102. The van der Waals surface area contributed by atoms with E-state index in [0.717, 1.165) is 19.6 Å². The van der Waals surface area contributed by atoms with Crippen molar-refractivity contribution in [1.29, 1.82) is 0 Å². The van der Waals surface area contributed by atoms with Crippen molar-refractivity contribution in [2.24, 2.45) is 11.8 Å². The minimum absolute atomic E-state index is 0.119. The van der Waals surface area contributed by atoms with Crippen LogP contribution in [-0.2, 0) is 4.74 Å². The van der Waals surface area contributed by atoms with E-state index in [9.17, 15) is 5.11 Å². The first kappa shape index (κ1) is 12.7. The summed E-state index contributed by atoms with van der Waals surface area (Å²) >= 11 is 6.00. The van der Waals surface area contributed by atoms with Gasteiger partial charge in [-0.1, -0.05) is 23.7 Å². The summed E-state index contributed by atoms with van der Waals surface area (Å²) in [6, 6.07) is 7.38. The maximum atomic E-state index is 9.37. The van der Waals surface area contributed by atoms with Gasteiger partial charge in [0.25, 0.3) is 0 Å². The average molecular weight is 257 g/mol. The first-order valence-electron chi connectivity index (χ1n) is 5.87. The molecule has 2 unspecified atom stereocenters. The third-order valence-corrected chi connectivity index (χ3v) is 3.47. The molecule has 2 atom stereocenters. The van der Waals surface area contributed by atoms with E-state index in [1.165, 1.54) is 0 Å². The summed E-state index contributed by atoms with van der Waals surface area (Å²) in [6.07, 6.45) is 0.997. The molecule has 0 radical (unpaired) electrons. The minimum Gasteiger partial charge on any atom is -0.492 e. The molecular formula is C13H17ClO3. The second kappa shape index (κ2) is 6.24. The van der Waals surface area contributed by atoms with Crippen molar-refractivity contribution in [3.05, 3.63) is 29.3 Å². The Bertz CT molecular complexity index is 350. The van der Waals surface area contributed by atoms with Crippen LogP contribution in [0.1, 0.15) is 6.42 Å². The van der Waals surface area contributed by atoms with E-state index in [-0.39, 0.29) is 12.5 Å². The number of aliphatic hydroxyl groups is 1. The van der Waals surface area contributed by atoms with Gasteiger partial charge in [-0.25, -0.2) is 0 Å². The SMILES string of the molecule is OCC(COc1ccccc1Cl)C1CCOC1. The highest BCUT2D eigenvalue weighted by Gasteiger charge is 2.25. The van der Waals surface area contributed by atoms with Crippen molar-refractivity contribution >= 4 is 11.6 Å². The van der Waals surface area contributed by atoms with E-state index in [0.29, 0.717) is 23.3 Å². The number of para-hydroxylation sites is 1. The van der Waals surface area contributed by atoms with Crippen molar-refractivity contribution in [3.8, 4) is 5.75 Å². The number of hydrogen-bond donors (Lipinski definition) is 1. The first-order valence-corrected chi connectivity index (χ1v) is 6.25. The predicted octanol–water partition coefficient (Wildman–Crippen LogP) is 2.36. The molecule has 0 bridgehead atoms. The molecule has 1 aliphatic rings. The molecule has 1 fully saturated rings. The summed E-state index contributed by atoms with van der Waals surface area (Å²) in [5.41, 5.74) is 0. The zero-order chi connectivity index (χ0) is 12.1. The summed E-state index contributed by atoms with van der Waals surface area (Å²) in [5.74, 6) is 1.18. The van der Waals surface area contributed by atoms with Crippen molar-refractivity contribution in [2.75, 3.05) is 26.4 Å². The number of hydrogen-bond acceptors (Lipinski definition) is 3. The van der Waals surface area contributed by atoms with Gasteiger partial charge in [-0.15, -0.1) is 0 Å². The Morgan fingerprint density at radius 2 is 2.29 bits per heavy atom. The Morgan fingerprint density at radius 3 is 2.94 bits per heavy atom. The van der Waals surface area contributed by atoms with Gasteiger partial charge in [-0.2, -0.15) is 0 Å². The molecule has 4 heteroatoms.